The van der Waals surface area contributed by atoms with Gasteiger partial charge >= 0.3 is 11.9 Å². The molecule has 0 saturated carbocycles. The summed E-state index contributed by atoms with van der Waals surface area (Å²) >= 11 is 0. The molecule has 0 spiro atoms. The molecule has 1 aromatic carbocycles. The molecular weight excluding hydrogens is 374 g/mol. The number of amides is 1. The fourth-order valence-electron chi connectivity index (χ4n) is 3.69. The first-order valence-electron chi connectivity index (χ1n) is 9.68. The summed E-state index contributed by atoms with van der Waals surface area (Å²) in [6.45, 7) is 8.12. The van der Waals surface area contributed by atoms with E-state index in [0.29, 0.717) is 12.0 Å². The van der Waals surface area contributed by atoms with Gasteiger partial charge in [-0.1, -0.05) is 29.8 Å². The van der Waals surface area contributed by atoms with E-state index in [9.17, 15) is 19.5 Å². The zero-order valence-electron chi connectivity index (χ0n) is 17.4. The summed E-state index contributed by atoms with van der Waals surface area (Å²) in [6.07, 6.45) is -0.345. The number of aliphatic hydroxyl groups is 1. The molecule has 3 atom stereocenters. The summed E-state index contributed by atoms with van der Waals surface area (Å²) in [4.78, 5) is 38.7. The van der Waals surface area contributed by atoms with Crippen molar-refractivity contribution in [2.24, 2.45) is 11.3 Å². The summed E-state index contributed by atoms with van der Waals surface area (Å²) in [5, 5.41) is 9.95. The van der Waals surface area contributed by atoms with Gasteiger partial charge in [0.15, 0.2) is 0 Å². The number of carbonyl (C=O) groups is 3. The number of benzene rings is 1. The maximum absolute atomic E-state index is 12.8. The summed E-state index contributed by atoms with van der Waals surface area (Å²) < 4.78 is 10.2. The van der Waals surface area contributed by atoms with Gasteiger partial charge in [0.1, 0.15) is 5.70 Å². The molecule has 0 radical (unpaired) electrons. The average molecular weight is 401 g/mol. The first-order valence-corrected chi connectivity index (χ1v) is 9.68. The number of ether oxygens (including phenoxy) is 2. The van der Waals surface area contributed by atoms with Crippen molar-refractivity contribution in [1.29, 1.82) is 0 Å². The first-order chi connectivity index (χ1) is 13.5. The number of rotatable bonds is 5. The predicted molar refractivity (Wildman–Crippen MR) is 105 cm³/mol. The Bertz CT molecular complexity index is 862. The Morgan fingerprint density at radius 1 is 1.21 bits per heavy atom. The van der Waals surface area contributed by atoms with Crippen molar-refractivity contribution in [3.05, 3.63) is 41.1 Å². The van der Waals surface area contributed by atoms with Gasteiger partial charge in [0.2, 0.25) is 12.7 Å². The molecular formula is C22H27NO6. The fourth-order valence-corrected chi connectivity index (χ4v) is 3.69. The first kappa shape index (κ1) is 21.0. The number of aryl methyl sites for hydroxylation is 1. The maximum atomic E-state index is 12.8. The van der Waals surface area contributed by atoms with E-state index in [1.54, 1.807) is 27.7 Å². The lowest BCUT2D eigenvalue weighted by molar-refractivity contribution is -0.175. The predicted octanol–water partition coefficient (Wildman–Crippen LogP) is 2.41. The van der Waals surface area contributed by atoms with Crippen LogP contribution in [-0.4, -0.2) is 46.8 Å². The molecule has 7 nitrogen and oxygen atoms in total. The second-order valence-corrected chi connectivity index (χ2v) is 8.67. The molecule has 2 aliphatic rings. The van der Waals surface area contributed by atoms with Crippen LogP contribution in [0.4, 0.5) is 0 Å². The number of β-lactam (4-membered cyclic amide) rings is 1. The maximum Gasteiger partial charge on any atom is 0.358 e. The number of hydrogen-bond donors (Lipinski definition) is 1. The van der Waals surface area contributed by atoms with Crippen LogP contribution >= 0.6 is 0 Å². The zero-order chi connectivity index (χ0) is 21.5. The van der Waals surface area contributed by atoms with Gasteiger partial charge in [-0.3, -0.25) is 9.59 Å². The highest BCUT2D eigenvalue weighted by Gasteiger charge is 2.57. The molecule has 2 aliphatic heterocycles. The highest BCUT2D eigenvalue weighted by Crippen LogP contribution is 2.47. The van der Waals surface area contributed by atoms with Gasteiger partial charge in [-0.25, -0.2) is 4.79 Å². The number of hydrogen-bond acceptors (Lipinski definition) is 6. The second kappa shape index (κ2) is 7.63. The quantitative estimate of drug-likeness (QED) is 0.463. The highest BCUT2D eigenvalue weighted by atomic mass is 16.7. The SMILES string of the molecule is Cc1ccc(C2=C(C(=O)OCOC(=O)C(C)(C)C)N3C(=O)[C@H]([C@@H](C)O)[C@H]3C2)cc1. The molecule has 1 amide bonds. The highest BCUT2D eigenvalue weighted by molar-refractivity contribution is 6.06. The largest absolute Gasteiger partial charge is 0.427 e. The Labute approximate surface area is 170 Å². The van der Waals surface area contributed by atoms with Crippen molar-refractivity contribution < 1.29 is 29.0 Å². The third kappa shape index (κ3) is 3.92. The smallest absolute Gasteiger partial charge is 0.358 e. The molecule has 1 fully saturated rings. The van der Waals surface area contributed by atoms with Crippen molar-refractivity contribution in [3.8, 4) is 0 Å². The van der Waals surface area contributed by atoms with Crippen LogP contribution in [0.5, 0.6) is 0 Å². The van der Waals surface area contributed by atoms with Crippen LogP contribution in [0.15, 0.2) is 30.0 Å². The monoisotopic (exact) mass is 401 g/mol. The third-order valence-corrected chi connectivity index (χ3v) is 5.31. The van der Waals surface area contributed by atoms with Crippen molar-refractivity contribution in [2.45, 2.75) is 53.2 Å². The van der Waals surface area contributed by atoms with Crippen LogP contribution in [-0.2, 0) is 23.9 Å². The van der Waals surface area contributed by atoms with Crippen LogP contribution in [0.1, 0.15) is 45.2 Å². The van der Waals surface area contributed by atoms with E-state index < -0.39 is 36.2 Å². The van der Waals surface area contributed by atoms with Gasteiger partial charge < -0.3 is 19.5 Å². The summed E-state index contributed by atoms with van der Waals surface area (Å²) in [7, 11) is 0. The molecule has 0 aliphatic carbocycles. The molecule has 1 N–H and O–H groups in total. The molecule has 1 saturated heterocycles. The number of nitrogens with zero attached hydrogens (tertiary/aromatic N) is 1. The Kier molecular flexibility index (Phi) is 5.54. The number of aliphatic hydroxyl groups excluding tert-OH is 1. The average Bonchev–Trinajstić information content (AvgIpc) is 2.96. The van der Waals surface area contributed by atoms with Crippen LogP contribution in [0.3, 0.4) is 0 Å². The van der Waals surface area contributed by atoms with E-state index in [1.807, 2.05) is 31.2 Å². The van der Waals surface area contributed by atoms with Gasteiger partial charge in [0, 0.05) is 0 Å². The van der Waals surface area contributed by atoms with Crippen molar-refractivity contribution in [2.75, 3.05) is 6.79 Å². The standard InChI is InChI=1S/C22H27NO6/c1-12-6-8-14(9-7-12)15-10-16-17(13(2)24)19(25)23(16)18(15)20(26)28-11-29-21(27)22(3,4)5/h6-9,13,16-17,24H,10-11H2,1-5H3/t13-,16-,17-/m1/s1. The Morgan fingerprint density at radius 3 is 2.38 bits per heavy atom. The van der Waals surface area contributed by atoms with E-state index in [4.69, 9.17) is 9.47 Å². The Morgan fingerprint density at radius 2 is 1.83 bits per heavy atom. The minimum absolute atomic E-state index is 0.160. The van der Waals surface area contributed by atoms with Gasteiger partial charge in [-0.2, -0.15) is 0 Å². The van der Waals surface area contributed by atoms with Gasteiger partial charge in [0.05, 0.1) is 23.5 Å². The van der Waals surface area contributed by atoms with Crippen LogP contribution < -0.4 is 0 Å². The normalized spacial score (nSPS) is 22.1. The molecule has 156 valence electrons. The lowest BCUT2D eigenvalue weighted by Crippen LogP contribution is -2.61. The van der Waals surface area contributed by atoms with Gasteiger partial charge in [-0.15, -0.1) is 0 Å². The summed E-state index contributed by atoms with van der Waals surface area (Å²) in [5.41, 5.74) is 2.04. The number of carbonyl (C=O) groups excluding carboxylic acids is 3. The van der Waals surface area contributed by atoms with Gasteiger partial charge in [0.25, 0.3) is 0 Å². The van der Waals surface area contributed by atoms with Crippen LogP contribution in [0.25, 0.3) is 5.57 Å². The molecule has 0 bridgehead atoms. The minimum Gasteiger partial charge on any atom is -0.427 e. The molecule has 2 heterocycles. The van der Waals surface area contributed by atoms with E-state index in [2.05, 4.69) is 0 Å². The van der Waals surface area contributed by atoms with Gasteiger partial charge in [-0.05, 0) is 52.2 Å². The van der Waals surface area contributed by atoms with Crippen molar-refractivity contribution in [3.63, 3.8) is 0 Å². The van der Waals surface area contributed by atoms with Crippen molar-refractivity contribution in [1.82, 2.24) is 4.90 Å². The molecule has 1 aromatic rings. The van der Waals surface area contributed by atoms with Crippen LogP contribution in [0, 0.1) is 18.3 Å². The fraction of sp³-hybridized carbons (Fsp3) is 0.500. The molecule has 3 rings (SSSR count). The third-order valence-electron chi connectivity index (χ3n) is 5.31. The zero-order valence-corrected chi connectivity index (χ0v) is 17.4. The summed E-state index contributed by atoms with van der Waals surface area (Å²) in [5.74, 6) is -2.05. The lowest BCUT2D eigenvalue weighted by atomic mass is 9.82. The minimum atomic E-state index is -0.800. The lowest BCUT2D eigenvalue weighted by Gasteiger charge is -2.44. The van der Waals surface area contributed by atoms with E-state index in [1.165, 1.54) is 4.90 Å². The Balaban J connectivity index is 1.83. The second-order valence-electron chi connectivity index (χ2n) is 8.67. The number of fused-ring (bicyclic) bond motifs is 1. The molecule has 0 unspecified atom stereocenters. The Hall–Kier alpha value is -2.67. The van der Waals surface area contributed by atoms with Crippen molar-refractivity contribution >= 4 is 23.4 Å². The molecule has 0 aromatic heterocycles. The van der Waals surface area contributed by atoms with Crippen LogP contribution in [0.2, 0.25) is 0 Å². The number of esters is 2. The molecule has 29 heavy (non-hydrogen) atoms. The topological polar surface area (TPSA) is 93.1 Å². The van der Waals surface area contributed by atoms with E-state index in [0.717, 1.165) is 11.1 Å². The summed E-state index contributed by atoms with van der Waals surface area (Å²) in [6, 6.07) is 7.37. The van der Waals surface area contributed by atoms with E-state index in [-0.39, 0.29) is 17.6 Å². The molecule has 7 heteroatoms. The van der Waals surface area contributed by atoms with E-state index >= 15 is 0 Å².